The summed E-state index contributed by atoms with van der Waals surface area (Å²) in [5.41, 5.74) is 4.48. The molecule has 0 unspecified atom stereocenters. The molecule has 14 heteroatoms. The number of benzene rings is 4. The number of thioether (sulfide) groups is 1. The summed E-state index contributed by atoms with van der Waals surface area (Å²) in [5, 5.41) is 12.3. The molecule has 0 bridgehead atoms. The first-order valence-electron chi connectivity index (χ1n) is 17.3. The fourth-order valence-corrected chi connectivity index (χ4v) is 8.89. The predicted molar refractivity (Wildman–Crippen MR) is 214 cm³/mol. The second-order valence-corrected chi connectivity index (χ2v) is 14.8. The first kappa shape index (κ1) is 37.7. The van der Waals surface area contributed by atoms with Gasteiger partial charge in [0.05, 0.1) is 12.8 Å². The number of thiazole rings is 1. The molecule has 2 amide bonds. The van der Waals surface area contributed by atoms with Gasteiger partial charge in [0, 0.05) is 17.0 Å². The van der Waals surface area contributed by atoms with Gasteiger partial charge in [-0.1, -0.05) is 108 Å². The Labute approximate surface area is 331 Å². The van der Waals surface area contributed by atoms with Crippen molar-refractivity contribution in [3.05, 3.63) is 160 Å². The molecule has 2 N–H and O–H groups in total. The van der Waals surface area contributed by atoms with Crippen LogP contribution in [-0.2, 0) is 42.7 Å². The summed E-state index contributed by atoms with van der Waals surface area (Å²) in [6.07, 6.45) is 0.976. The number of carbonyl (C=O) groups is 3. The molecule has 0 radical (unpaired) electrons. The first-order chi connectivity index (χ1) is 26.9. The van der Waals surface area contributed by atoms with Gasteiger partial charge in [-0.3, -0.25) is 14.5 Å². The number of fused-ring (bicyclic) bond motifs is 1. The van der Waals surface area contributed by atoms with Gasteiger partial charge in [0.25, 0.3) is 11.8 Å². The van der Waals surface area contributed by atoms with E-state index in [0.717, 1.165) is 28.5 Å². The number of anilines is 1. The van der Waals surface area contributed by atoms with Gasteiger partial charge >= 0.3 is 5.97 Å². The van der Waals surface area contributed by atoms with Gasteiger partial charge in [0.1, 0.15) is 41.2 Å². The monoisotopic (exact) mass is 793 g/mol. The molecule has 2 atom stereocenters. The molecular weight excluding hydrogens is 758 g/mol. The number of carbonyl (C=O) groups excluding carboxylic acids is 3. The van der Waals surface area contributed by atoms with Crippen LogP contribution in [-0.4, -0.2) is 64.0 Å². The second kappa shape index (κ2) is 17.2. The maximum Gasteiger partial charge on any atom is 0.355 e. The zero-order valence-corrected chi connectivity index (χ0v) is 32.0. The molecule has 7 rings (SSSR count). The van der Waals surface area contributed by atoms with Crippen molar-refractivity contribution in [2.45, 2.75) is 30.2 Å². The van der Waals surface area contributed by atoms with Crippen LogP contribution < -0.4 is 15.4 Å². The van der Waals surface area contributed by atoms with E-state index in [1.807, 2.05) is 60.0 Å². The van der Waals surface area contributed by atoms with Crippen molar-refractivity contribution in [1.29, 1.82) is 0 Å². The second-order valence-electron chi connectivity index (χ2n) is 12.5. The molecule has 4 aromatic carbocycles. The van der Waals surface area contributed by atoms with Crippen LogP contribution in [0.5, 0.6) is 5.75 Å². The number of halogens is 1. The summed E-state index contributed by atoms with van der Waals surface area (Å²) >= 11 is 9.00. The zero-order chi connectivity index (χ0) is 38.2. The Morgan fingerprint density at radius 3 is 2.13 bits per heavy atom. The molecule has 3 heterocycles. The number of aromatic nitrogens is 1. The van der Waals surface area contributed by atoms with Crippen molar-refractivity contribution in [2.75, 3.05) is 24.1 Å². The van der Waals surface area contributed by atoms with E-state index in [2.05, 4.69) is 52.2 Å². The van der Waals surface area contributed by atoms with Crippen molar-refractivity contribution >= 4 is 63.8 Å². The minimum absolute atomic E-state index is 0.00687. The Morgan fingerprint density at radius 2 is 1.55 bits per heavy atom. The number of hydrogen-bond acceptors (Lipinski definition) is 11. The topological polar surface area (TPSA) is 131 Å². The molecule has 1 aromatic heterocycles. The van der Waals surface area contributed by atoms with Crippen LogP contribution in [0.2, 0.25) is 0 Å². The van der Waals surface area contributed by atoms with E-state index in [1.54, 1.807) is 31.4 Å². The number of rotatable bonds is 15. The Kier molecular flexibility index (Phi) is 11.8. The fraction of sp³-hybridized carbons (Fsp3) is 0.195. The van der Waals surface area contributed by atoms with E-state index >= 15 is 0 Å². The van der Waals surface area contributed by atoms with E-state index in [-0.39, 0.29) is 24.8 Å². The highest BCUT2D eigenvalue weighted by molar-refractivity contribution is 8.00. The fourth-order valence-electron chi connectivity index (χ4n) is 6.46. The third kappa shape index (κ3) is 8.09. The van der Waals surface area contributed by atoms with Crippen molar-refractivity contribution in [3.63, 3.8) is 0 Å². The van der Waals surface area contributed by atoms with Crippen LogP contribution in [0.25, 0.3) is 0 Å². The third-order valence-corrected chi connectivity index (χ3v) is 11.6. The average molecular weight is 794 g/mol. The highest BCUT2D eigenvalue weighted by Gasteiger charge is 2.54. The molecule has 280 valence electrons. The van der Waals surface area contributed by atoms with Crippen LogP contribution in [0, 0.1) is 0 Å². The Hall–Kier alpha value is -5.63. The molecule has 11 nitrogen and oxygen atoms in total. The van der Waals surface area contributed by atoms with E-state index in [9.17, 15) is 14.4 Å². The normalized spacial score (nSPS) is 16.6. The number of nitrogens with zero attached hydrogens (tertiary/aromatic N) is 3. The Bertz CT molecular complexity index is 2090. The van der Waals surface area contributed by atoms with E-state index in [1.165, 1.54) is 28.0 Å². The lowest BCUT2D eigenvalue weighted by Gasteiger charge is -2.49. The largest absolute Gasteiger partial charge is 0.497 e. The van der Waals surface area contributed by atoms with E-state index in [4.69, 9.17) is 30.9 Å². The maximum absolute atomic E-state index is 13.3. The Balaban J connectivity index is 0.960. The number of amides is 2. The van der Waals surface area contributed by atoms with Crippen LogP contribution >= 0.6 is 34.7 Å². The van der Waals surface area contributed by atoms with Crippen LogP contribution in [0.1, 0.15) is 27.9 Å². The van der Waals surface area contributed by atoms with Gasteiger partial charge in [-0.25, -0.2) is 9.78 Å². The molecule has 2 aliphatic heterocycles. The molecule has 1 fully saturated rings. The van der Waals surface area contributed by atoms with Crippen molar-refractivity contribution in [2.24, 2.45) is 5.16 Å². The highest BCUT2D eigenvalue weighted by Crippen LogP contribution is 2.42. The average Bonchev–Trinajstić information content (AvgIpc) is 3.69. The van der Waals surface area contributed by atoms with Crippen LogP contribution in [0.15, 0.2) is 137 Å². The number of β-lactam (4-membered cyclic amide) rings is 1. The summed E-state index contributed by atoms with van der Waals surface area (Å²) in [4.78, 5) is 50.8. The summed E-state index contributed by atoms with van der Waals surface area (Å²) in [5.74, 6) is -0.575. The van der Waals surface area contributed by atoms with Gasteiger partial charge in [0.15, 0.2) is 11.7 Å². The van der Waals surface area contributed by atoms with Gasteiger partial charge in [-0.05, 0) is 40.0 Å². The van der Waals surface area contributed by atoms with Crippen LogP contribution in [0.3, 0.4) is 0 Å². The molecule has 0 saturated carbocycles. The lowest BCUT2D eigenvalue weighted by atomic mass is 9.77. The van der Waals surface area contributed by atoms with Gasteiger partial charge in [0.2, 0.25) is 0 Å². The SMILES string of the molecule is COc1ccc(COC(=O)C2=C(CCl)CS[C@@H]3[C@H](NC(=O)/C=N/OCc4csc(NC(c5ccccc5)(c5ccccc5)c5ccccc5)n4)C(=O)N23)cc1. The van der Waals surface area contributed by atoms with E-state index < -0.39 is 34.7 Å². The minimum atomic E-state index is -0.864. The summed E-state index contributed by atoms with van der Waals surface area (Å²) in [6.45, 7) is 0.0203. The maximum atomic E-state index is 13.3. The molecule has 2 aliphatic rings. The van der Waals surface area contributed by atoms with Crippen molar-refractivity contribution in [3.8, 4) is 5.75 Å². The predicted octanol–water partition coefficient (Wildman–Crippen LogP) is 6.69. The van der Waals surface area contributed by atoms with Crippen molar-refractivity contribution < 1.29 is 28.7 Å². The molecule has 5 aromatic rings. The number of ether oxygens (including phenoxy) is 2. The minimum Gasteiger partial charge on any atom is -0.497 e. The number of esters is 1. The van der Waals surface area contributed by atoms with Crippen LogP contribution in [0.4, 0.5) is 5.13 Å². The number of nitrogens with one attached hydrogen (secondary N) is 2. The quantitative estimate of drug-likeness (QED) is 0.0297. The van der Waals surface area contributed by atoms with E-state index in [0.29, 0.717) is 27.9 Å². The third-order valence-electron chi connectivity index (χ3n) is 9.15. The van der Waals surface area contributed by atoms with Crippen molar-refractivity contribution in [1.82, 2.24) is 15.2 Å². The smallest absolute Gasteiger partial charge is 0.355 e. The number of oxime groups is 1. The van der Waals surface area contributed by atoms with Gasteiger partial charge in [-0.15, -0.1) is 34.7 Å². The zero-order valence-electron chi connectivity index (χ0n) is 29.6. The number of hydrogen-bond donors (Lipinski definition) is 2. The molecular formula is C41H36ClN5O6S2. The number of alkyl halides is 1. The Morgan fingerprint density at radius 1 is 0.927 bits per heavy atom. The summed E-state index contributed by atoms with van der Waals surface area (Å²) in [6, 6.07) is 36.9. The van der Waals surface area contributed by atoms with Gasteiger partial charge < -0.3 is 24.9 Å². The molecule has 0 spiro atoms. The molecule has 1 saturated heterocycles. The summed E-state index contributed by atoms with van der Waals surface area (Å²) < 4.78 is 10.7. The lowest BCUT2D eigenvalue weighted by molar-refractivity contribution is -0.153. The highest BCUT2D eigenvalue weighted by atomic mass is 35.5. The lowest BCUT2D eigenvalue weighted by Crippen LogP contribution is -2.70. The number of methoxy groups -OCH3 is 1. The van der Waals surface area contributed by atoms with Gasteiger partial charge in [-0.2, -0.15) is 0 Å². The molecule has 0 aliphatic carbocycles. The summed E-state index contributed by atoms with van der Waals surface area (Å²) in [7, 11) is 1.57. The first-order valence-corrected chi connectivity index (χ1v) is 19.7. The standard InChI is InChI=1S/C41H36ClN5O6S2/c1-51-33-19-17-27(18-20-33)23-52-39(50)36-28(21-42)25-54-38-35(37(49)47(36)38)45-34(48)22-43-53-24-32-26-55-40(44-32)46-41(29-11-5-2-6-12-29,30-13-7-3-8-14-30)31-15-9-4-10-16-31/h2-20,22,26,35,38H,21,23-25H2,1H3,(H,44,46)(H,45,48)/b43-22+/t35-,38-/m1/s1. The molecule has 55 heavy (non-hydrogen) atoms.